The first-order valence-corrected chi connectivity index (χ1v) is 10.1. The molecule has 1 aliphatic heterocycles. The zero-order valence-electron chi connectivity index (χ0n) is 16.7. The molecule has 0 saturated heterocycles. The van der Waals surface area contributed by atoms with E-state index in [4.69, 9.17) is 9.47 Å². The van der Waals surface area contributed by atoms with Gasteiger partial charge in [0.15, 0.2) is 0 Å². The minimum Gasteiger partial charge on any atom is -0.491 e. The molecule has 0 unspecified atom stereocenters. The van der Waals surface area contributed by atoms with Crippen LogP contribution in [-0.2, 0) is 13.2 Å². The van der Waals surface area contributed by atoms with Crippen molar-refractivity contribution in [3.63, 3.8) is 0 Å². The second kappa shape index (κ2) is 7.28. The zero-order valence-corrected chi connectivity index (χ0v) is 16.7. The van der Waals surface area contributed by atoms with Gasteiger partial charge in [0.25, 0.3) is 0 Å². The summed E-state index contributed by atoms with van der Waals surface area (Å²) in [6.07, 6.45) is 9.46. The Balaban J connectivity index is 1.31. The Kier molecular flexibility index (Phi) is 4.16. The van der Waals surface area contributed by atoms with Gasteiger partial charge in [-0.05, 0) is 42.0 Å². The first kappa shape index (κ1) is 17.7. The van der Waals surface area contributed by atoms with E-state index in [0.717, 1.165) is 45.2 Å². The van der Waals surface area contributed by atoms with E-state index in [1.165, 1.54) is 0 Å². The first-order valence-electron chi connectivity index (χ1n) is 10.1. The lowest BCUT2D eigenvalue weighted by Crippen LogP contribution is -2.06. The molecular weight excluding hydrogens is 390 g/mol. The number of fused-ring (bicyclic) bond motifs is 4. The highest BCUT2D eigenvalue weighted by atomic mass is 16.5. The van der Waals surface area contributed by atoms with Gasteiger partial charge in [0.05, 0.1) is 24.1 Å². The van der Waals surface area contributed by atoms with Crippen molar-refractivity contribution in [1.82, 2.24) is 24.1 Å². The largest absolute Gasteiger partial charge is 0.491 e. The molecule has 6 rings (SSSR count). The molecule has 0 spiro atoms. The van der Waals surface area contributed by atoms with Gasteiger partial charge in [-0.1, -0.05) is 6.07 Å². The molecule has 0 amide bonds. The Labute approximate surface area is 178 Å². The lowest BCUT2D eigenvalue weighted by molar-refractivity contribution is 0.287. The molecule has 5 heterocycles. The van der Waals surface area contributed by atoms with Crippen LogP contribution in [0.3, 0.4) is 0 Å². The van der Waals surface area contributed by atoms with Crippen molar-refractivity contribution in [1.29, 1.82) is 0 Å². The van der Waals surface area contributed by atoms with Crippen LogP contribution >= 0.6 is 0 Å². The van der Waals surface area contributed by atoms with Crippen LogP contribution in [-0.4, -0.2) is 30.8 Å². The quantitative estimate of drug-likeness (QED) is 0.444. The summed E-state index contributed by atoms with van der Waals surface area (Å²) in [6, 6.07) is 15.9. The summed E-state index contributed by atoms with van der Waals surface area (Å²) in [5.74, 6) is 1.54. The molecule has 0 fully saturated rings. The average molecular weight is 409 g/mol. The molecule has 7 heteroatoms. The number of rotatable bonds is 4. The van der Waals surface area contributed by atoms with Gasteiger partial charge in [0.2, 0.25) is 0 Å². The SMILES string of the molecule is c1ccn2cc(COc3ccc4c(c3)OCCn3ncc(-c5ccncc5)c3-4)nc2c1. The van der Waals surface area contributed by atoms with Gasteiger partial charge in [-0.15, -0.1) is 0 Å². The summed E-state index contributed by atoms with van der Waals surface area (Å²) < 4.78 is 16.1. The number of pyridine rings is 2. The van der Waals surface area contributed by atoms with E-state index in [9.17, 15) is 0 Å². The van der Waals surface area contributed by atoms with E-state index in [2.05, 4.69) is 15.1 Å². The number of ether oxygens (including phenoxy) is 2. The van der Waals surface area contributed by atoms with E-state index >= 15 is 0 Å². The van der Waals surface area contributed by atoms with Crippen molar-refractivity contribution in [3.05, 3.63) is 85.2 Å². The third kappa shape index (κ3) is 3.20. The van der Waals surface area contributed by atoms with Gasteiger partial charge in [0.1, 0.15) is 30.4 Å². The fourth-order valence-electron chi connectivity index (χ4n) is 3.95. The van der Waals surface area contributed by atoms with Crippen molar-refractivity contribution in [2.24, 2.45) is 0 Å². The molecule has 0 saturated carbocycles. The van der Waals surface area contributed by atoms with Crippen LogP contribution in [0.4, 0.5) is 0 Å². The van der Waals surface area contributed by atoms with Crippen LogP contribution in [0, 0.1) is 0 Å². The summed E-state index contributed by atoms with van der Waals surface area (Å²) in [5.41, 5.74) is 5.97. The third-order valence-electron chi connectivity index (χ3n) is 5.40. The summed E-state index contributed by atoms with van der Waals surface area (Å²) in [6.45, 7) is 1.63. The molecule has 0 atom stereocenters. The predicted molar refractivity (Wildman–Crippen MR) is 116 cm³/mol. The van der Waals surface area contributed by atoms with Gasteiger partial charge in [-0.2, -0.15) is 5.10 Å². The highest BCUT2D eigenvalue weighted by Crippen LogP contribution is 2.40. The van der Waals surface area contributed by atoms with E-state index in [-0.39, 0.29) is 0 Å². The zero-order chi connectivity index (χ0) is 20.6. The molecule has 1 aromatic carbocycles. The van der Waals surface area contributed by atoms with Crippen molar-refractivity contribution >= 4 is 5.65 Å². The summed E-state index contributed by atoms with van der Waals surface area (Å²) in [4.78, 5) is 8.71. The molecule has 31 heavy (non-hydrogen) atoms. The molecule has 0 bridgehead atoms. The molecule has 152 valence electrons. The van der Waals surface area contributed by atoms with Gasteiger partial charge in [0, 0.05) is 42.0 Å². The summed E-state index contributed by atoms with van der Waals surface area (Å²) in [7, 11) is 0. The van der Waals surface area contributed by atoms with Gasteiger partial charge in [-0.3, -0.25) is 9.67 Å². The van der Waals surface area contributed by atoms with Crippen LogP contribution in [0.5, 0.6) is 11.5 Å². The van der Waals surface area contributed by atoms with Crippen molar-refractivity contribution in [3.8, 4) is 33.9 Å². The maximum atomic E-state index is 6.05. The Morgan fingerprint density at radius 1 is 1.03 bits per heavy atom. The molecule has 5 aromatic rings. The Hall–Kier alpha value is -4.13. The smallest absolute Gasteiger partial charge is 0.137 e. The monoisotopic (exact) mass is 409 g/mol. The van der Waals surface area contributed by atoms with Crippen LogP contribution in [0.1, 0.15) is 5.69 Å². The van der Waals surface area contributed by atoms with Crippen molar-refractivity contribution in [2.75, 3.05) is 6.61 Å². The average Bonchev–Trinajstić information content (AvgIpc) is 3.38. The summed E-state index contributed by atoms with van der Waals surface area (Å²) in [5, 5.41) is 4.59. The van der Waals surface area contributed by atoms with Gasteiger partial charge in [-0.25, -0.2) is 4.98 Å². The Morgan fingerprint density at radius 2 is 1.97 bits per heavy atom. The lowest BCUT2D eigenvalue weighted by atomic mass is 10.0. The lowest BCUT2D eigenvalue weighted by Gasteiger charge is -2.11. The second-order valence-corrected chi connectivity index (χ2v) is 7.36. The van der Waals surface area contributed by atoms with Gasteiger partial charge >= 0.3 is 0 Å². The van der Waals surface area contributed by atoms with Crippen LogP contribution < -0.4 is 9.47 Å². The van der Waals surface area contributed by atoms with Crippen LogP contribution in [0.25, 0.3) is 28.0 Å². The molecule has 4 aromatic heterocycles. The number of hydrogen-bond donors (Lipinski definition) is 0. The Morgan fingerprint density at radius 3 is 2.87 bits per heavy atom. The summed E-state index contributed by atoms with van der Waals surface area (Å²) >= 11 is 0. The number of nitrogens with zero attached hydrogens (tertiary/aromatic N) is 5. The van der Waals surface area contributed by atoms with E-state index in [1.807, 2.05) is 76.2 Å². The van der Waals surface area contributed by atoms with Crippen LogP contribution in [0.15, 0.2) is 79.5 Å². The Bertz CT molecular complexity index is 1340. The second-order valence-electron chi connectivity index (χ2n) is 7.36. The highest BCUT2D eigenvalue weighted by Gasteiger charge is 2.21. The normalized spacial score (nSPS) is 12.6. The number of imidazole rings is 1. The minimum atomic E-state index is 0.390. The van der Waals surface area contributed by atoms with Gasteiger partial charge < -0.3 is 13.9 Å². The molecule has 0 aliphatic carbocycles. The fraction of sp³-hybridized carbons (Fsp3) is 0.125. The molecule has 0 radical (unpaired) electrons. The predicted octanol–water partition coefficient (Wildman–Crippen LogP) is 4.23. The molecule has 1 aliphatic rings. The van der Waals surface area contributed by atoms with E-state index in [1.54, 1.807) is 12.4 Å². The fourth-order valence-corrected chi connectivity index (χ4v) is 3.95. The third-order valence-corrected chi connectivity index (χ3v) is 5.40. The maximum Gasteiger partial charge on any atom is 0.137 e. The van der Waals surface area contributed by atoms with Crippen LogP contribution in [0.2, 0.25) is 0 Å². The van der Waals surface area contributed by atoms with E-state index in [0.29, 0.717) is 19.8 Å². The van der Waals surface area contributed by atoms with Crippen molar-refractivity contribution < 1.29 is 9.47 Å². The molecular formula is C24H19N5O2. The highest BCUT2D eigenvalue weighted by molar-refractivity contribution is 5.84. The maximum absolute atomic E-state index is 6.05. The standard InChI is InChI=1S/C24H19N5O2/c1-2-10-28-15-18(27-23(28)3-1)16-31-19-4-5-20-22(13-19)30-12-11-29-24(20)21(14-26-29)17-6-8-25-9-7-17/h1-10,13-15H,11-12,16H2. The topological polar surface area (TPSA) is 66.5 Å². The molecule has 0 N–H and O–H groups in total. The first-order chi connectivity index (χ1) is 15.3. The van der Waals surface area contributed by atoms with Crippen molar-refractivity contribution in [2.45, 2.75) is 13.2 Å². The number of hydrogen-bond acceptors (Lipinski definition) is 5. The number of aromatic nitrogens is 5. The minimum absolute atomic E-state index is 0.390. The van der Waals surface area contributed by atoms with E-state index < -0.39 is 0 Å². The number of benzene rings is 1. The molecule has 7 nitrogen and oxygen atoms in total.